The van der Waals surface area contributed by atoms with E-state index >= 15 is 0 Å². The molecule has 0 aromatic rings. The number of methoxy groups -OCH3 is 3. The zero-order valence-electron chi connectivity index (χ0n) is 19.2. The van der Waals surface area contributed by atoms with E-state index in [1.165, 1.54) is 0 Å². The molecule has 0 saturated carbocycles. The highest BCUT2D eigenvalue weighted by molar-refractivity contribution is 4.88. The van der Waals surface area contributed by atoms with Gasteiger partial charge in [-0.25, -0.2) is 0 Å². The van der Waals surface area contributed by atoms with Gasteiger partial charge in [-0.3, -0.25) is 0 Å². The molecule has 3 aliphatic rings. The van der Waals surface area contributed by atoms with Crippen molar-refractivity contribution in [2.45, 2.75) is 114 Å². The Morgan fingerprint density at radius 3 is 1.61 bits per heavy atom. The van der Waals surface area contributed by atoms with Crippen LogP contribution in [0.2, 0.25) is 0 Å². The number of hydrogen-bond acceptors (Lipinski definition) is 10. The van der Waals surface area contributed by atoms with Crippen LogP contribution >= 0.6 is 0 Å². The van der Waals surface area contributed by atoms with Gasteiger partial charge in [-0.2, -0.15) is 0 Å². The molecule has 0 unspecified atom stereocenters. The third kappa shape index (κ3) is 5.94. The van der Waals surface area contributed by atoms with Gasteiger partial charge in [-0.1, -0.05) is 0 Å². The smallest absolute Gasteiger partial charge is 0.161 e. The number of aliphatic hydroxyl groups excluding tert-OH is 2. The lowest BCUT2D eigenvalue weighted by molar-refractivity contribution is -0.334. The van der Waals surface area contributed by atoms with Gasteiger partial charge >= 0.3 is 0 Å². The summed E-state index contributed by atoms with van der Waals surface area (Å²) in [7, 11) is 4.79. The number of rotatable bonds is 7. The molecule has 31 heavy (non-hydrogen) atoms. The average molecular weight is 451 g/mol. The highest BCUT2D eigenvalue weighted by atomic mass is 16.7. The van der Waals surface area contributed by atoms with Gasteiger partial charge in [0.1, 0.15) is 18.3 Å². The summed E-state index contributed by atoms with van der Waals surface area (Å²) >= 11 is 0. The average Bonchev–Trinajstić information content (AvgIpc) is 2.73. The topological polar surface area (TPSA) is 114 Å². The molecule has 0 spiro atoms. The fraction of sp³-hybridized carbons (Fsp3) is 1.00. The summed E-state index contributed by atoms with van der Waals surface area (Å²) < 4.78 is 46.4. The van der Waals surface area contributed by atoms with Crippen molar-refractivity contribution in [3.05, 3.63) is 0 Å². The van der Waals surface area contributed by atoms with Gasteiger partial charge in [0.15, 0.2) is 18.9 Å². The third-order valence-electron chi connectivity index (χ3n) is 6.43. The maximum absolute atomic E-state index is 10.2. The van der Waals surface area contributed by atoms with Crippen LogP contribution in [0.5, 0.6) is 0 Å². The molecule has 12 atom stereocenters. The number of aliphatic hydroxyl groups is 2. The van der Waals surface area contributed by atoms with Crippen LogP contribution in [0.15, 0.2) is 0 Å². The highest BCUT2D eigenvalue weighted by Crippen LogP contribution is 2.33. The first kappa shape index (κ1) is 25.2. The molecule has 0 aromatic carbocycles. The number of hydrogen-bond donors (Lipinski definition) is 2. The second-order valence-electron chi connectivity index (χ2n) is 8.56. The molecule has 3 fully saturated rings. The molecule has 3 heterocycles. The molecule has 3 rings (SSSR count). The zero-order chi connectivity index (χ0) is 22.7. The Labute approximate surface area is 184 Å². The normalized spacial score (nSPS) is 49.2. The van der Waals surface area contributed by atoms with Gasteiger partial charge < -0.3 is 48.1 Å². The Hall–Kier alpha value is -0.400. The summed E-state index contributed by atoms with van der Waals surface area (Å²) in [6.45, 7) is 5.54. The Morgan fingerprint density at radius 1 is 0.613 bits per heavy atom. The van der Waals surface area contributed by atoms with Crippen LogP contribution in [0.4, 0.5) is 0 Å². The van der Waals surface area contributed by atoms with E-state index in [0.717, 1.165) is 0 Å². The van der Waals surface area contributed by atoms with E-state index in [9.17, 15) is 10.2 Å². The molecular formula is C21H38O10. The maximum Gasteiger partial charge on any atom is 0.161 e. The molecule has 2 N–H and O–H groups in total. The van der Waals surface area contributed by atoms with E-state index in [2.05, 4.69) is 0 Å². The molecule has 0 aliphatic carbocycles. The van der Waals surface area contributed by atoms with E-state index in [-0.39, 0.29) is 42.7 Å². The quantitative estimate of drug-likeness (QED) is 0.570. The summed E-state index contributed by atoms with van der Waals surface area (Å²) in [5.41, 5.74) is 0. The minimum Gasteiger partial charge on any atom is -0.388 e. The van der Waals surface area contributed by atoms with Crippen LogP contribution in [0.3, 0.4) is 0 Å². The van der Waals surface area contributed by atoms with Crippen LogP contribution in [-0.2, 0) is 37.9 Å². The Kier molecular flexibility index (Phi) is 9.07. The van der Waals surface area contributed by atoms with Gasteiger partial charge in [0.25, 0.3) is 0 Å². The van der Waals surface area contributed by atoms with Gasteiger partial charge in [-0.05, 0) is 20.8 Å². The van der Waals surface area contributed by atoms with Crippen molar-refractivity contribution in [2.24, 2.45) is 0 Å². The number of ether oxygens (including phenoxy) is 8. The highest BCUT2D eigenvalue weighted by Gasteiger charge is 2.45. The fourth-order valence-electron chi connectivity index (χ4n) is 4.64. The molecule has 0 bridgehead atoms. The van der Waals surface area contributed by atoms with Crippen molar-refractivity contribution in [1.82, 2.24) is 0 Å². The second-order valence-corrected chi connectivity index (χ2v) is 8.56. The summed E-state index contributed by atoms with van der Waals surface area (Å²) in [6, 6.07) is 0. The van der Waals surface area contributed by atoms with E-state index in [0.29, 0.717) is 19.3 Å². The van der Waals surface area contributed by atoms with Crippen LogP contribution in [0, 0.1) is 0 Å². The van der Waals surface area contributed by atoms with Crippen molar-refractivity contribution < 1.29 is 48.1 Å². The molecule has 3 saturated heterocycles. The Bertz CT molecular complexity index is 550. The molecule has 3 aliphatic heterocycles. The van der Waals surface area contributed by atoms with E-state index < -0.39 is 31.1 Å². The van der Waals surface area contributed by atoms with Crippen LogP contribution in [-0.4, -0.2) is 105 Å². The minimum absolute atomic E-state index is 0.285. The van der Waals surface area contributed by atoms with Gasteiger partial charge in [-0.15, -0.1) is 0 Å². The summed E-state index contributed by atoms with van der Waals surface area (Å²) in [5.74, 6) is 0. The molecular weight excluding hydrogens is 412 g/mol. The molecule has 10 heteroatoms. The standard InChI is InChI=1S/C21H38O10/c1-10-19(23)13(24-4)8-17(28-10)30-21-12(3)29-18(9-15(21)26-6)31-20-11(2)27-16(22)7-14(20)25-5/h10-23H,7-9H2,1-6H3/t10-,11-,12-,13-,14+,15+,16-,17+,18+,19-,20-,21-/m1/s1. The van der Waals surface area contributed by atoms with Gasteiger partial charge in [0.2, 0.25) is 0 Å². The summed E-state index contributed by atoms with van der Waals surface area (Å²) in [5, 5.41) is 20.0. The first-order chi connectivity index (χ1) is 14.8. The zero-order valence-corrected chi connectivity index (χ0v) is 19.2. The predicted octanol–water partition coefficient (Wildman–Crippen LogP) is 0.560. The van der Waals surface area contributed by atoms with Crippen LogP contribution in [0.1, 0.15) is 40.0 Å². The lowest BCUT2D eigenvalue weighted by Gasteiger charge is -2.45. The summed E-state index contributed by atoms with van der Waals surface area (Å²) in [6.07, 6.45) is -4.26. The van der Waals surface area contributed by atoms with E-state index in [1.807, 2.05) is 13.8 Å². The Balaban J connectivity index is 1.60. The van der Waals surface area contributed by atoms with Crippen molar-refractivity contribution in [2.75, 3.05) is 21.3 Å². The first-order valence-electron chi connectivity index (χ1n) is 11.0. The summed E-state index contributed by atoms with van der Waals surface area (Å²) in [4.78, 5) is 0. The van der Waals surface area contributed by atoms with Gasteiger partial charge in [0.05, 0.1) is 36.6 Å². The minimum atomic E-state index is -0.872. The monoisotopic (exact) mass is 450 g/mol. The molecule has 0 amide bonds. The third-order valence-corrected chi connectivity index (χ3v) is 6.43. The predicted molar refractivity (Wildman–Crippen MR) is 107 cm³/mol. The van der Waals surface area contributed by atoms with Crippen LogP contribution < -0.4 is 0 Å². The van der Waals surface area contributed by atoms with Crippen molar-refractivity contribution in [1.29, 1.82) is 0 Å². The lowest BCUT2D eigenvalue weighted by Crippen LogP contribution is -2.56. The van der Waals surface area contributed by atoms with Crippen molar-refractivity contribution in [3.8, 4) is 0 Å². The van der Waals surface area contributed by atoms with Gasteiger partial charge in [0, 0.05) is 40.6 Å². The SMILES string of the molecule is CO[C@H]1C[C@H](O[C@H]2[C@@H](OC)C[C@H](O)O[C@@H]2C)O[C@H](C)[C@H]1O[C@H]1C[C@@H](OC)[C@H](O)[C@@H](C)O1. The van der Waals surface area contributed by atoms with Crippen molar-refractivity contribution in [3.63, 3.8) is 0 Å². The van der Waals surface area contributed by atoms with E-state index in [4.69, 9.17) is 37.9 Å². The molecule has 0 radical (unpaired) electrons. The molecule has 182 valence electrons. The van der Waals surface area contributed by atoms with Crippen LogP contribution in [0.25, 0.3) is 0 Å². The van der Waals surface area contributed by atoms with Crippen molar-refractivity contribution >= 4 is 0 Å². The molecule has 0 aromatic heterocycles. The lowest BCUT2D eigenvalue weighted by atomic mass is 9.99. The largest absolute Gasteiger partial charge is 0.388 e. The Morgan fingerprint density at radius 2 is 1.06 bits per heavy atom. The van der Waals surface area contributed by atoms with E-state index in [1.54, 1.807) is 28.3 Å². The second kappa shape index (κ2) is 11.1. The maximum atomic E-state index is 10.2. The fourth-order valence-corrected chi connectivity index (χ4v) is 4.64. The molecule has 10 nitrogen and oxygen atoms in total. The first-order valence-corrected chi connectivity index (χ1v) is 11.0.